The fourth-order valence-corrected chi connectivity index (χ4v) is 1.72. The Kier molecular flexibility index (Phi) is 4.50. The topological polar surface area (TPSA) is 58.9 Å². The van der Waals surface area contributed by atoms with Crippen molar-refractivity contribution in [3.8, 4) is 11.8 Å². The Morgan fingerprint density at radius 2 is 2.00 bits per heavy atom. The number of rotatable bonds is 0. The van der Waals surface area contributed by atoms with E-state index in [-0.39, 0.29) is 5.56 Å². The molecule has 0 aliphatic rings. The molecule has 0 saturated carbocycles. The highest BCUT2D eigenvalue weighted by molar-refractivity contribution is 5.89. The van der Waals surface area contributed by atoms with E-state index >= 15 is 0 Å². The van der Waals surface area contributed by atoms with Gasteiger partial charge in [0.05, 0.1) is 5.39 Å². The molecule has 2 rings (SSSR count). The number of hydrogen-bond acceptors (Lipinski definition) is 2. The molecule has 1 aromatic heterocycles. The molecule has 17 heavy (non-hydrogen) atoms. The number of aromatic amines is 1. The maximum Gasteiger partial charge on any atom is 0.256 e. The minimum absolute atomic E-state index is 0.0512. The van der Waals surface area contributed by atoms with Gasteiger partial charge in [-0.15, -0.1) is 5.92 Å². The summed E-state index contributed by atoms with van der Waals surface area (Å²) in [6.45, 7) is 3.72. The summed E-state index contributed by atoms with van der Waals surface area (Å²) >= 11 is 0. The summed E-state index contributed by atoms with van der Waals surface area (Å²) in [6, 6.07) is 5.80. The first kappa shape index (κ1) is 13.0. The number of benzene rings is 1. The average molecular weight is 228 g/mol. The van der Waals surface area contributed by atoms with Crippen molar-refractivity contribution in [1.29, 1.82) is 0 Å². The Morgan fingerprint density at radius 3 is 2.65 bits per heavy atom. The van der Waals surface area contributed by atoms with Crippen LogP contribution in [0.4, 0.5) is 0 Å². The minimum atomic E-state index is -0.0512. The van der Waals surface area contributed by atoms with Crippen molar-refractivity contribution in [2.24, 2.45) is 5.73 Å². The number of hydrogen-bond donors (Lipinski definition) is 2. The zero-order valence-electron chi connectivity index (χ0n) is 10.3. The largest absolute Gasteiger partial charge is 0.333 e. The third kappa shape index (κ3) is 2.55. The van der Waals surface area contributed by atoms with Crippen LogP contribution < -0.4 is 11.3 Å². The van der Waals surface area contributed by atoms with Gasteiger partial charge < -0.3 is 10.7 Å². The standard InChI is InChI=1S/C13H11NO.CH5N/c1-3-5-10-8-14-13(15)12-9(2)6-4-7-11(10)12;1-2/h4,6-8H,1-2H3,(H,14,15);2H2,1H3. The van der Waals surface area contributed by atoms with E-state index in [4.69, 9.17) is 0 Å². The molecule has 88 valence electrons. The fourth-order valence-electron chi connectivity index (χ4n) is 1.72. The van der Waals surface area contributed by atoms with E-state index in [9.17, 15) is 4.79 Å². The van der Waals surface area contributed by atoms with Gasteiger partial charge in [0.25, 0.3) is 5.56 Å². The van der Waals surface area contributed by atoms with Crippen molar-refractivity contribution in [2.75, 3.05) is 7.05 Å². The molecule has 0 unspecified atom stereocenters. The van der Waals surface area contributed by atoms with Crippen molar-refractivity contribution >= 4 is 10.8 Å². The van der Waals surface area contributed by atoms with Crippen LogP contribution in [0.5, 0.6) is 0 Å². The molecule has 3 nitrogen and oxygen atoms in total. The molecule has 3 N–H and O–H groups in total. The van der Waals surface area contributed by atoms with Gasteiger partial charge >= 0.3 is 0 Å². The highest BCUT2D eigenvalue weighted by Gasteiger charge is 2.04. The molecule has 0 bridgehead atoms. The Labute approximate surface area is 101 Å². The number of H-pyrrole nitrogens is 1. The molecule has 0 atom stereocenters. The van der Waals surface area contributed by atoms with E-state index in [0.717, 1.165) is 21.9 Å². The summed E-state index contributed by atoms with van der Waals surface area (Å²) in [5, 5.41) is 1.66. The molecule has 1 heterocycles. The summed E-state index contributed by atoms with van der Waals surface area (Å²) in [5.74, 6) is 5.83. The Morgan fingerprint density at radius 1 is 1.29 bits per heavy atom. The lowest BCUT2D eigenvalue weighted by atomic mass is 10.0. The van der Waals surface area contributed by atoms with Gasteiger partial charge in [-0.25, -0.2) is 0 Å². The molecule has 0 saturated heterocycles. The summed E-state index contributed by atoms with van der Waals surface area (Å²) in [4.78, 5) is 14.4. The van der Waals surface area contributed by atoms with Gasteiger partial charge in [0.1, 0.15) is 0 Å². The molecule has 0 aliphatic heterocycles. The van der Waals surface area contributed by atoms with Crippen molar-refractivity contribution in [3.05, 3.63) is 45.9 Å². The van der Waals surface area contributed by atoms with Gasteiger partial charge in [0.15, 0.2) is 0 Å². The smallest absolute Gasteiger partial charge is 0.256 e. The van der Waals surface area contributed by atoms with Crippen LogP contribution in [0.15, 0.2) is 29.2 Å². The van der Waals surface area contributed by atoms with Crippen LogP contribution >= 0.6 is 0 Å². The molecular formula is C14H16N2O. The molecule has 0 amide bonds. The molecule has 0 fully saturated rings. The summed E-state index contributed by atoms with van der Waals surface area (Å²) in [6.07, 6.45) is 1.67. The van der Waals surface area contributed by atoms with Gasteiger partial charge in [0.2, 0.25) is 0 Å². The number of nitrogens with one attached hydrogen (secondary N) is 1. The van der Waals surface area contributed by atoms with Crippen LogP contribution in [0.2, 0.25) is 0 Å². The van der Waals surface area contributed by atoms with Crippen LogP contribution in [0.25, 0.3) is 10.8 Å². The van der Waals surface area contributed by atoms with Gasteiger partial charge in [-0.1, -0.05) is 24.1 Å². The Hall–Kier alpha value is -2.05. The number of aryl methyl sites for hydroxylation is 1. The first-order chi connectivity index (χ1) is 8.24. The molecule has 0 aliphatic carbocycles. The lowest BCUT2D eigenvalue weighted by molar-refractivity contribution is 1.26. The van der Waals surface area contributed by atoms with Crippen LogP contribution in [0, 0.1) is 18.8 Å². The third-order valence-electron chi connectivity index (χ3n) is 2.40. The summed E-state index contributed by atoms with van der Waals surface area (Å²) < 4.78 is 0. The first-order valence-corrected chi connectivity index (χ1v) is 5.35. The minimum Gasteiger partial charge on any atom is -0.333 e. The van der Waals surface area contributed by atoms with Crippen molar-refractivity contribution < 1.29 is 0 Å². The second kappa shape index (κ2) is 5.88. The highest BCUT2D eigenvalue weighted by atomic mass is 16.1. The molecule has 2 aromatic rings. The Bertz CT molecular complexity index is 630. The van der Waals surface area contributed by atoms with E-state index in [1.807, 2.05) is 25.1 Å². The Balaban J connectivity index is 0.000000686. The van der Waals surface area contributed by atoms with E-state index in [1.54, 1.807) is 13.1 Å². The molecule has 1 aromatic carbocycles. The maximum atomic E-state index is 11.7. The highest BCUT2D eigenvalue weighted by Crippen LogP contribution is 2.16. The SMILES string of the molecule is CC#Cc1c[nH]c(=O)c2c(C)cccc12.CN. The van der Waals surface area contributed by atoms with Crippen LogP contribution in [0.1, 0.15) is 18.1 Å². The van der Waals surface area contributed by atoms with Gasteiger partial charge in [0, 0.05) is 17.1 Å². The molecule has 0 radical (unpaired) electrons. The second-order valence-corrected chi connectivity index (χ2v) is 3.40. The van der Waals surface area contributed by atoms with Crippen LogP contribution in [-0.4, -0.2) is 12.0 Å². The molecular weight excluding hydrogens is 212 g/mol. The molecule has 3 heteroatoms. The van der Waals surface area contributed by atoms with Crippen LogP contribution in [-0.2, 0) is 0 Å². The van der Waals surface area contributed by atoms with E-state index in [1.165, 1.54) is 7.05 Å². The second-order valence-electron chi connectivity index (χ2n) is 3.40. The van der Waals surface area contributed by atoms with Gasteiger partial charge in [-0.2, -0.15) is 0 Å². The van der Waals surface area contributed by atoms with E-state index in [0.29, 0.717) is 0 Å². The maximum absolute atomic E-state index is 11.7. The average Bonchev–Trinajstić information content (AvgIpc) is 2.35. The third-order valence-corrected chi connectivity index (χ3v) is 2.40. The summed E-state index contributed by atoms with van der Waals surface area (Å²) in [5.41, 5.74) is 6.30. The first-order valence-electron chi connectivity index (χ1n) is 5.35. The van der Waals surface area contributed by atoms with Gasteiger partial charge in [-0.3, -0.25) is 4.79 Å². The quantitative estimate of drug-likeness (QED) is 0.675. The zero-order chi connectivity index (χ0) is 12.8. The van der Waals surface area contributed by atoms with Gasteiger partial charge in [-0.05, 0) is 26.5 Å². The van der Waals surface area contributed by atoms with Crippen LogP contribution in [0.3, 0.4) is 0 Å². The fraction of sp³-hybridized carbons (Fsp3) is 0.214. The normalized spacial score (nSPS) is 8.94. The zero-order valence-corrected chi connectivity index (χ0v) is 10.3. The lowest BCUT2D eigenvalue weighted by Gasteiger charge is -2.02. The number of nitrogens with two attached hydrogens (primary N) is 1. The van der Waals surface area contributed by atoms with Crippen molar-refractivity contribution in [1.82, 2.24) is 4.98 Å². The summed E-state index contributed by atoms with van der Waals surface area (Å²) in [7, 11) is 1.50. The number of aromatic nitrogens is 1. The lowest BCUT2D eigenvalue weighted by Crippen LogP contribution is -2.07. The number of fused-ring (bicyclic) bond motifs is 1. The molecule has 0 spiro atoms. The predicted molar refractivity (Wildman–Crippen MR) is 72.0 cm³/mol. The monoisotopic (exact) mass is 228 g/mol. The predicted octanol–water partition coefficient (Wildman–Crippen LogP) is 1.78. The van der Waals surface area contributed by atoms with E-state index in [2.05, 4.69) is 22.6 Å². The van der Waals surface area contributed by atoms with E-state index < -0.39 is 0 Å². The number of pyridine rings is 1. The van der Waals surface area contributed by atoms with Crippen molar-refractivity contribution in [3.63, 3.8) is 0 Å². The van der Waals surface area contributed by atoms with Crippen molar-refractivity contribution in [2.45, 2.75) is 13.8 Å².